The van der Waals surface area contributed by atoms with Gasteiger partial charge in [0.1, 0.15) is 0 Å². The van der Waals surface area contributed by atoms with Gasteiger partial charge in [-0.1, -0.05) is 62.4 Å². The molecular formula is C19H20N. The van der Waals surface area contributed by atoms with Crippen molar-refractivity contribution in [2.24, 2.45) is 0 Å². The summed E-state index contributed by atoms with van der Waals surface area (Å²) in [6, 6.07) is 19.2. The highest BCUT2D eigenvalue weighted by molar-refractivity contribution is 5.85. The van der Waals surface area contributed by atoms with E-state index in [0.717, 1.165) is 12.8 Å². The Morgan fingerprint density at radius 3 is 2.40 bits per heavy atom. The molecule has 0 saturated heterocycles. The van der Waals surface area contributed by atoms with E-state index < -0.39 is 0 Å². The van der Waals surface area contributed by atoms with E-state index in [1.54, 1.807) is 0 Å². The molecule has 0 aliphatic rings. The molecule has 3 rings (SSSR count). The van der Waals surface area contributed by atoms with Crippen LogP contribution >= 0.6 is 0 Å². The fraction of sp³-hybridized carbons (Fsp3) is 0.211. The van der Waals surface area contributed by atoms with Gasteiger partial charge in [-0.25, -0.2) is 0 Å². The molecule has 1 unspecified atom stereocenters. The van der Waals surface area contributed by atoms with Crippen molar-refractivity contribution in [1.29, 1.82) is 0 Å². The zero-order valence-electron chi connectivity index (χ0n) is 11.9. The molecule has 1 aromatic heterocycles. The van der Waals surface area contributed by atoms with E-state index in [0.29, 0.717) is 0 Å². The summed E-state index contributed by atoms with van der Waals surface area (Å²) in [6.45, 7) is 6.50. The van der Waals surface area contributed by atoms with Gasteiger partial charge in [-0.2, -0.15) is 0 Å². The third-order valence-electron chi connectivity index (χ3n) is 4.46. The van der Waals surface area contributed by atoms with E-state index in [1.165, 1.54) is 22.0 Å². The van der Waals surface area contributed by atoms with Crippen LogP contribution in [0.4, 0.5) is 0 Å². The summed E-state index contributed by atoms with van der Waals surface area (Å²) in [6.07, 6.45) is 4.06. The summed E-state index contributed by atoms with van der Waals surface area (Å²) in [7, 11) is 0. The van der Waals surface area contributed by atoms with E-state index >= 15 is 0 Å². The van der Waals surface area contributed by atoms with E-state index in [-0.39, 0.29) is 5.41 Å². The predicted octanol–water partition coefficient (Wildman–Crippen LogP) is 5.09. The topological polar surface area (TPSA) is 15.8 Å². The molecule has 1 heteroatoms. The first-order chi connectivity index (χ1) is 9.81. The van der Waals surface area contributed by atoms with Gasteiger partial charge in [0.05, 0.1) is 0 Å². The minimum atomic E-state index is -0.0130. The molecule has 0 aliphatic carbocycles. The van der Waals surface area contributed by atoms with Crippen LogP contribution in [0.3, 0.4) is 0 Å². The number of rotatable bonds is 4. The summed E-state index contributed by atoms with van der Waals surface area (Å²) in [5.41, 5.74) is 3.89. The molecule has 0 bridgehead atoms. The Kier molecular flexibility index (Phi) is 3.35. The molecule has 0 aliphatic heterocycles. The highest BCUT2D eigenvalue weighted by atomic mass is 14.7. The van der Waals surface area contributed by atoms with Crippen molar-refractivity contribution < 1.29 is 0 Å². The lowest BCUT2D eigenvalue weighted by Crippen LogP contribution is -2.25. The fourth-order valence-corrected chi connectivity index (χ4v) is 3.23. The van der Waals surface area contributed by atoms with E-state index in [4.69, 9.17) is 0 Å². The molecular weight excluding hydrogens is 242 g/mol. The van der Waals surface area contributed by atoms with Gasteiger partial charge in [0.25, 0.3) is 0 Å². The first-order valence-corrected chi connectivity index (χ1v) is 7.23. The van der Waals surface area contributed by atoms with E-state index in [9.17, 15) is 0 Å². The second-order valence-corrected chi connectivity index (χ2v) is 5.30. The average molecular weight is 262 g/mol. The highest BCUT2D eigenvalue weighted by Gasteiger charge is 2.32. The molecule has 1 radical (unpaired) electrons. The maximum absolute atomic E-state index is 4.25. The van der Waals surface area contributed by atoms with Crippen molar-refractivity contribution in [1.82, 2.24) is 4.98 Å². The van der Waals surface area contributed by atoms with Gasteiger partial charge in [-0.05, 0) is 30.0 Å². The highest BCUT2D eigenvalue weighted by Crippen LogP contribution is 2.41. The zero-order chi connectivity index (χ0) is 14.0. The maximum atomic E-state index is 4.25. The van der Waals surface area contributed by atoms with Crippen LogP contribution in [0, 0.1) is 6.92 Å². The number of hydrogen-bond acceptors (Lipinski definition) is 0. The molecule has 1 atom stereocenters. The predicted molar refractivity (Wildman–Crippen MR) is 85.8 cm³/mol. The van der Waals surface area contributed by atoms with Gasteiger partial charge >= 0.3 is 0 Å². The van der Waals surface area contributed by atoms with Crippen LogP contribution in [0.25, 0.3) is 10.9 Å². The second kappa shape index (κ2) is 5.16. The van der Waals surface area contributed by atoms with E-state index in [2.05, 4.69) is 79.6 Å². The van der Waals surface area contributed by atoms with E-state index in [1.807, 2.05) is 0 Å². The van der Waals surface area contributed by atoms with Crippen LogP contribution in [0.2, 0.25) is 0 Å². The number of aromatic nitrogens is 1. The lowest BCUT2D eigenvalue weighted by molar-refractivity contribution is 0.504. The molecule has 0 amide bonds. The Bertz CT molecular complexity index is 690. The van der Waals surface area contributed by atoms with Gasteiger partial charge in [0, 0.05) is 22.5 Å². The Balaban J connectivity index is 2.26. The fourth-order valence-electron chi connectivity index (χ4n) is 3.23. The number of fused-ring (bicyclic) bond motifs is 1. The molecule has 1 heterocycles. The molecule has 1 nitrogen and oxygen atoms in total. The van der Waals surface area contributed by atoms with Crippen molar-refractivity contribution in [3.05, 3.63) is 78.8 Å². The Morgan fingerprint density at radius 2 is 1.70 bits per heavy atom. The van der Waals surface area contributed by atoms with Crippen LogP contribution in [0.5, 0.6) is 0 Å². The first kappa shape index (κ1) is 13.0. The van der Waals surface area contributed by atoms with Crippen molar-refractivity contribution in [3.8, 4) is 0 Å². The van der Waals surface area contributed by atoms with Crippen molar-refractivity contribution >= 4 is 10.9 Å². The molecule has 3 aromatic rings. The Morgan fingerprint density at radius 1 is 1.00 bits per heavy atom. The maximum Gasteiger partial charge on any atom is 0.0457 e. The van der Waals surface area contributed by atoms with Gasteiger partial charge < -0.3 is 4.98 Å². The summed E-state index contributed by atoms with van der Waals surface area (Å²) in [5, 5.41) is 1.31. The van der Waals surface area contributed by atoms with Crippen molar-refractivity contribution in [2.75, 3.05) is 0 Å². The summed E-state index contributed by atoms with van der Waals surface area (Å²) in [5.74, 6) is 0. The number of nitrogens with one attached hydrogen (secondary N) is 1. The number of H-pyrrole nitrogens is 1. The monoisotopic (exact) mass is 262 g/mol. The number of aromatic amines is 1. The molecule has 101 valence electrons. The van der Waals surface area contributed by atoms with Gasteiger partial charge in [0.15, 0.2) is 0 Å². The Labute approximate surface area is 120 Å². The number of para-hydroxylation sites is 1. The zero-order valence-corrected chi connectivity index (χ0v) is 11.9. The molecule has 2 aromatic carbocycles. The minimum Gasteiger partial charge on any atom is -0.361 e. The quantitative estimate of drug-likeness (QED) is 0.674. The largest absolute Gasteiger partial charge is 0.361 e. The van der Waals surface area contributed by atoms with Crippen LogP contribution in [0.1, 0.15) is 30.9 Å². The average Bonchev–Trinajstić information content (AvgIpc) is 2.95. The van der Waals surface area contributed by atoms with Gasteiger partial charge in [-0.15, -0.1) is 0 Å². The lowest BCUT2D eigenvalue weighted by atomic mass is 9.70. The lowest BCUT2D eigenvalue weighted by Gasteiger charge is -2.32. The Hall–Kier alpha value is -2.02. The van der Waals surface area contributed by atoms with Crippen LogP contribution < -0.4 is 0 Å². The van der Waals surface area contributed by atoms with Crippen molar-refractivity contribution in [2.45, 2.75) is 25.2 Å². The molecule has 0 spiro atoms. The molecule has 20 heavy (non-hydrogen) atoms. The molecule has 0 saturated carbocycles. The van der Waals surface area contributed by atoms with Crippen LogP contribution in [-0.4, -0.2) is 4.98 Å². The second-order valence-electron chi connectivity index (χ2n) is 5.30. The van der Waals surface area contributed by atoms with Crippen LogP contribution in [0.15, 0.2) is 60.8 Å². The summed E-state index contributed by atoms with van der Waals surface area (Å²) >= 11 is 0. The molecule has 0 fully saturated rings. The number of benzene rings is 2. The van der Waals surface area contributed by atoms with Crippen molar-refractivity contribution in [3.63, 3.8) is 0 Å². The summed E-state index contributed by atoms with van der Waals surface area (Å²) < 4.78 is 0. The molecule has 1 N–H and O–H groups in total. The smallest absolute Gasteiger partial charge is 0.0457 e. The SMILES string of the molecule is [CH2]CC(CC)(c1ccccc1)c1c[nH]c2ccccc12. The van der Waals surface area contributed by atoms with Crippen LogP contribution in [-0.2, 0) is 5.41 Å². The summed E-state index contributed by atoms with van der Waals surface area (Å²) in [4.78, 5) is 3.40. The third kappa shape index (κ3) is 1.85. The normalized spacial score (nSPS) is 11.9. The minimum absolute atomic E-state index is 0.0130. The van der Waals surface area contributed by atoms with Gasteiger partial charge in [-0.3, -0.25) is 0 Å². The first-order valence-electron chi connectivity index (χ1n) is 7.23. The standard InChI is InChI=1S/C19H20N/c1-3-19(4-2,15-10-6-5-7-11-15)17-14-20-18-13-9-8-12-16(17)18/h5-14,20H,1,3-4H2,2H3. The third-order valence-corrected chi connectivity index (χ3v) is 4.46. The number of hydrogen-bond donors (Lipinski definition) is 1. The van der Waals surface area contributed by atoms with Gasteiger partial charge in [0.2, 0.25) is 0 Å².